The Bertz CT molecular complexity index is 118. The number of hydrogen-bond acceptors (Lipinski definition) is 4. The van der Waals surface area contributed by atoms with Gasteiger partial charge in [-0.1, -0.05) is 0 Å². The fourth-order valence-electron chi connectivity index (χ4n) is 1.36. The van der Waals surface area contributed by atoms with E-state index in [2.05, 4.69) is 5.32 Å². The first-order chi connectivity index (χ1) is 6.43. The third-order valence-corrected chi connectivity index (χ3v) is 3.35. The van der Waals surface area contributed by atoms with Crippen LogP contribution in [-0.2, 0) is 4.74 Å². The maximum Gasteiger partial charge on any atom is 0.0698 e. The molecule has 0 spiro atoms. The van der Waals surface area contributed by atoms with Crippen molar-refractivity contribution in [3.63, 3.8) is 0 Å². The number of aliphatic hydroxyl groups excluding tert-OH is 1. The summed E-state index contributed by atoms with van der Waals surface area (Å²) in [5.41, 5.74) is 0. The van der Waals surface area contributed by atoms with Gasteiger partial charge in [0.25, 0.3) is 0 Å². The molecule has 0 aromatic rings. The van der Waals surface area contributed by atoms with E-state index < -0.39 is 0 Å². The van der Waals surface area contributed by atoms with E-state index in [9.17, 15) is 0 Å². The first-order valence-electron chi connectivity index (χ1n) is 4.90. The number of ether oxygens (including phenoxy) is 1. The van der Waals surface area contributed by atoms with Gasteiger partial charge in [0.2, 0.25) is 0 Å². The molecule has 1 unspecified atom stereocenters. The standard InChI is InChI=1S/C9H19NO2S/c11-3-5-12-4-2-10-7-9-1-6-13-8-9/h9-11H,1-8H2. The summed E-state index contributed by atoms with van der Waals surface area (Å²) in [5.74, 6) is 3.50. The molecular formula is C9H19NO2S. The lowest BCUT2D eigenvalue weighted by Crippen LogP contribution is -2.26. The Balaban J connectivity index is 1.78. The van der Waals surface area contributed by atoms with Crippen LogP contribution in [0.2, 0.25) is 0 Å². The molecule has 1 aliphatic rings. The van der Waals surface area contributed by atoms with Crippen LogP contribution < -0.4 is 5.32 Å². The molecule has 0 aromatic carbocycles. The van der Waals surface area contributed by atoms with Crippen LogP contribution in [0.5, 0.6) is 0 Å². The molecule has 0 bridgehead atoms. The topological polar surface area (TPSA) is 41.5 Å². The van der Waals surface area contributed by atoms with Gasteiger partial charge in [-0.25, -0.2) is 0 Å². The summed E-state index contributed by atoms with van der Waals surface area (Å²) in [6, 6.07) is 0. The van der Waals surface area contributed by atoms with Crippen LogP contribution in [0.1, 0.15) is 6.42 Å². The predicted octanol–water partition coefficient (Wildman–Crippen LogP) is 0.338. The number of rotatable bonds is 7. The monoisotopic (exact) mass is 205 g/mol. The number of aliphatic hydroxyl groups is 1. The lowest BCUT2D eigenvalue weighted by molar-refractivity contribution is 0.0936. The van der Waals surface area contributed by atoms with Crippen LogP contribution in [0.3, 0.4) is 0 Å². The Morgan fingerprint density at radius 2 is 2.38 bits per heavy atom. The molecule has 2 N–H and O–H groups in total. The Kier molecular flexibility index (Phi) is 6.62. The molecule has 1 fully saturated rings. The molecule has 1 atom stereocenters. The molecule has 13 heavy (non-hydrogen) atoms. The predicted molar refractivity (Wildman–Crippen MR) is 56.2 cm³/mol. The van der Waals surface area contributed by atoms with E-state index in [1.54, 1.807) is 0 Å². The molecule has 1 aliphatic heterocycles. The normalized spacial score (nSPS) is 22.4. The highest BCUT2D eigenvalue weighted by atomic mass is 32.2. The minimum Gasteiger partial charge on any atom is -0.394 e. The van der Waals surface area contributed by atoms with Gasteiger partial charge in [0.05, 0.1) is 19.8 Å². The van der Waals surface area contributed by atoms with Crippen molar-refractivity contribution in [2.24, 2.45) is 5.92 Å². The van der Waals surface area contributed by atoms with Crippen LogP contribution in [-0.4, -0.2) is 49.5 Å². The van der Waals surface area contributed by atoms with Gasteiger partial charge in [-0.15, -0.1) is 0 Å². The van der Waals surface area contributed by atoms with Crippen LogP contribution in [0.15, 0.2) is 0 Å². The highest BCUT2D eigenvalue weighted by Gasteiger charge is 2.13. The van der Waals surface area contributed by atoms with Crippen molar-refractivity contribution in [2.75, 3.05) is 44.4 Å². The largest absolute Gasteiger partial charge is 0.394 e. The molecule has 0 saturated carbocycles. The van der Waals surface area contributed by atoms with Crippen LogP contribution >= 0.6 is 11.8 Å². The van der Waals surface area contributed by atoms with E-state index in [4.69, 9.17) is 9.84 Å². The summed E-state index contributed by atoms with van der Waals surface area (Å²) in [5, 5.41) is 11.8. The molecule has 0 aliphatic carbocycles. The summed E-state index contributed by atoms with van der Waals surface area (Å²) in [7, 11) is 0. The summed E-state index contributed by atoms with van der Waals surface area (Å²) in [4.78, 5) is 0. The zero-order valence-corrected chi connectivity index (χ0v) is 8.81. The maximum absolute atomic E-state index is 8.45. The summed E-state index contributed by atoms with van der Waals surface area (Å²) in [6.07, 6.45) is 1.36. The van der Waals surface area contributed by atoms with E-state index in [1.807, 2.05) is 11.8 Å². The zero-order valence-electron chi connectivity index (χ0n) is 8.00. The lowest BCUT2D eigenvalue weighted by atomic mass is 10.1. The van der Waals surface area contributed by atoms with Crippen LogP contribution in [0.25, 0.3) is 0 Å². The van der Waals surface area contributed by atoms with Crippen molar-refractivity contribution in [2.45, 2.75) is 6.42 Å². The molecule has 1 saturated heterocycles. The molecule has 78 valence electrons. The van der Waals surface area contributed by atoms with Gasteiger partial charge in [0, 0.05) is 6.54 Å². The molecule has 0 aromatic heterocycles. The van der Waals surface area contributed by atoms with E-state index in [1.165, 1.54) is 17.9 Å². The minimum absolute atomic E-state index is 0.124. The van der Waals surface area contributed by atoms with E-state index in [0.29, 0.717) is 13.2 Å². The summed E-state index contributed by atoms with van der Waals surface area (Å²) < 4.78 is 5.13. The average Bonchev–Trinajstić information content (AvgIpc) is 2.63. The van der Waals surface area contributed by atoms with E-state index in [0.717, 1.165) is 19.0 Å². The molecule has 1 rings (SSSR count). The summed E-state index contributed by atoms with van der Waals surface area (Å²) >= 11 is 2.05. The number of nitrogens with one attached hydrogen (secondary N) is 1. The number of hydrogen-bond donors (Lipinski definition) is 2. The van der Waals surface area contributed by atoms with Gasteiger partial charge in [-0.2, -0.15) is 11.8 Å². The Hall–Kier alpha value is 0.230. The molecule has 1 heterocycles. The second kappa shape index (κ2) is 7.62. The molecule has 0 radical (unpaired) electrons. The SMILES string of the molecule is OCCOCCNCC1CCSC1. The minimum atomic E-state index is 0.124. The quantitative estimate of drug-likeness (QED) is 0.588. The van der Waals surface area contributed by atoms with Gasteiger partial charge in [0.15, 0.2) is 0 Å². The molecule has 0 amide bonds. The Morgan fingerprint density at radius 1 is 1.46 bits per heavy atom. The van der Waals surface area contributed by atoms with Gasteiger partial charge < -0.3 is 15.2 Å². The van der Waals surface area contributed by atoms with Crippen LogP contribution in [0, 0.1) is 5.92 Å². The average molecular weight is 205 g/mol. The van der Waals surface area contributed by atoms with Crippen molar-refractivity contribution in [3.05, 3.63) is 0 Å². The fourth-order valence-corrected chi connectivity index (χ4v) is 2.65. The Morgan fingerprint density at radius 3 is 3.08 bits per heavy atom. The molecule has 3 nitrogen and oxygen atoms in total. The van der Waals surface area contributed by atoms with E-state index >= 15 is 0 Å². The lowest BCUT2D eigenvalue weighted by Gasteiger charge is -2.09. The highest BCUT2D eigenvalue weighted by Crippen LogP contribution is 2.22. The third-order valence-electron chi connectivity index (χ3n) is 2.12. The molecular weight excluding hydrogens is 186 g/mol. The van der Waals surface area contributed by atoms with E-state index in [-0.39, 0.29) is 6.61 Å². The highest BCUT2D eigenvalue weighted by molar-refractivity contribution is 7.99. The van der Waals surface area contributed by atoms with Gasteiger partial charge in [-0.3, -0.25) is 0 Å². The smallest absolute Gasteiger partial charge is 0.0698 e. The first kappa shape index (κ1) is 11.3. The van der Waals surface area contributed by atoms with Crippen molar-refractivity contribution < 1.29 is 9.84 Å². The van der Waals surface area contributed by atoms with Gasteiger partial charge >= 0.3 is 0 Å². The zero-order chi connectivity index (χ0) is 9.36. The van der Waals surface area contributed by atoms with Crippen molar-refractivity contribution in [1.82, 2.24) is 5.32 Å². The second-order valence-electron chi connectivity index (χ2n) is 3.27. The van der Waals surface area contributed by atoms with Crippen molar-refractivity contribution in [1.29, 1.82) is 0 Å². The van der Waals surface area contributed by atoms with Gasteiger partial charge in [-0.05, 0) is 30.4 Å². The third kappa shape index (κ3) is 5.52. The number of thioether (sulfide) groups is 1. The second-order valence-corrected chi connectivity index (χ2v) is 4.42. The fraction of sp³-hybridized carbons (Fsp3) is 1.00. The molecule has 4 heteroatoms. The van der Waals surface area contributed by atoms with Crippen molar-refractivity contribution in [3.8, 4) is 0 Å². The Labute approximate surface area is 84.2 Å². The van der Waals surface area contributed by atoms with Crippen molar-refractivity contribution >= 4 is 11.8 Å². The van der Waals surface area contributed by atoms with Gasteiger partial charge in [0.1, 0.15) is 0 Å². The maximum atomic E-state index is 8.45. The summed E-state index contributed by atoms with van der Waals surface area (Å²) in [6.45, 7) is 3.32. The van der Waals surface area contributed by atoms with Crippen LogP contribution in [0.4, 0.5) is 0 Å². The first-order valence-corrected chi connectivity index (χ1v) is 6.06.